The standard InChI is InChI=1S/2C9H13.Hf/c2*1-2-3-6-9-7-4-5-8-9;/h2*4,7H,2-3,5-6H2,1H3;. The molecule has 0 N–H and O–H groups in total. The van der Waals surface area contributed by atoms with E-state index in [1.165, 1.54) is 51.4 Å². The van der Waals surface area contributed by atoms with Gasteiger partial charge in [0.2, 0.25) is 0 Å². The first-order chi connectivity index (χ1) is 9.35. The van der Waals surface area contributed by atoms with Crippen LogP contribution in [0.2, 0.25) is 0 Å². The number of unbranched alkanes of at least 4 members (excludes halogenated alkanes) is 2. The fourth-order valence-corrected chi connectivity index (χ4v) is 8.29. The van der Waals surface area contributed by atoms with Crippen LogP contribution in [0.15, 0.2) is 42.1 Å². The molecule has 0 bridgehead atoms. The van der Waals surface area contributed by atoms with Crippen LogP contribution in [-0.4, -0.2) is 0 Å². The summed E-state index contributed by atoms with van der Waals surface area (Å²) in [7, 11) is 0. The third-order valence-corrected chi connectivity index (χ3v) is 9.90. The summed E-state index contributed by atoms with van der Waals surface area (Å²) in [4.78, 5) is 0. The van der Waals surface area contributed by atoms with E-state index in [1.807, 2.05) is 6.66 Å². The van der Waals surface area contributed by atoms with Gasteiger partial charge in [-0.1, -0.05) is 0 Å². The molecule has 0 nitrogen and oxygen atoms in total. The Labute approximate surface area is 130 Å². The van der Waals surface area contributed by atoms with Crippen LogP contribution >= 0.6 is 0 Å². The van der Waals surface area contributed by atoms with Gasteiger partial charge in [0.15, 0.2) is 0 Å². The second-order valence-corrected chi connectivity index (χ2v) is 10.8. The van der Waals surface area contributed by atoms with Gasteiger partial charge in [-0.3, -0.25) is 0 Å². The van der Waals surface area contributed by atoms with E-state index in [2.05, 4.69) is 38.2 Å². The Bertz CT molecular complexity index is 381. The first-order valence-electron chi connectivity index (χ1n) is 7.89. The van der Waals surface area contributed by atoms with Gasteiger partial charge in [0, 0.05) is 0 Å². The van der Waals surface area contributed by atoms with E-state index in [0.29, 0.717) is 0 Å². The molecule has 0 aromatic carbocycles. The zero-order chi connectivity index (χ0) is 13.5. The predicted molar refractivity (Wildman–Crippen MR) is 80.6 cm³/mol. The van der Waals surface area contributed by atoms with E-state index < -0.39 is 22.9 Å². The Morgan fingerprint density at radius 3 is 1.74 bits per heavy atom. The van der Waals surface area contributed by atoms with Crippen LogP contribution in [0.4, 0.5) is 0 Å². The van der Waals surface area contributed by atoms with Gasteiger partial charge in [-0.05, 0) is 0 Å². The van der Waals surface area contributed by atoms with Gasteiger partial charge in [-0.15, -0.1) is 0 Å². The molecule has 0 saturated heterocycles. The maximum atomic E-state index is 2.42. The van der Waals surface area contributed by atoms with E-state index >= 15 is 0 Å². The van der Waals surface area contributed by atoms with Crippen molar-refractivity contribution in [2.45, 2.75) is 65.2 Å². The van der Waals surface area contributed by atoms with Gasteiger partial charge in [-0.25, -0.2) is 0 Å². The number of allylic oxidation sites excluding steroid dienone is 8. The molecule has 0 fully saturated rings. The van der Waals surface area contributed by atoms with Gasteiger partial charge < -0.3 is 0 Å². The number of hydrogen-bond acceptors (Lipinski definition) is 0. The fraction of sp³-hybridized carbons (Fsp3) is 0.556. The van der Waals surface area contributed by atoms with Gasteiger partial charge in [0.1, 0.15) is 0 Å². The van der Waals surface area contributed by atoms with E-state index in [1.54, 1.807) is 11.1 Å². The van der Waals surface area contributed by atoms with Crippen molar-refractivity contribution in [1.82, 2.24) is 0 Å². The van der Waals surface area contributed by atoms with Crippen LogP contribution in [0.3, 0.4) is 0 Å². The van der Waals surface area contributed by atoms with Gasteiger partial charge in [0.05, 0.1) is 0 Å². The minimum absolute atomic E-state index is 0.707. The monoisotopic (exact) mass is 422 g/mol. The third-order valence-electron chi connectivity index (χ3n) is 3.96. The van der Waals surface area contributed by atoms with E-state index in [0.717, 1.165) is 0 Å². The molecule has 0 aromatic heterocycles. The molecule has 2 aliphatic rings. The molecule has 0 unspecified atom stereocenters. The van der Waals surface area contributed by atoms with Crippen molar-refractivity contribution in [1.29, 1.82) is 0 Å². The molecule has 0 radical (unpaired) electrons. The molecule has 2 aliphatic carbocycles. The van der Waals surface area contributed by atoms with Gasteiger partial charge in [-0.2, -0.15) is 0 Å². The molecule has 0 amide bonds. The summed E-state index contributed by atoms with van der Waals surface area (Å²) in [5.41, 5.74) is 3.44. The number of hydrogen-bond donors (Lipinski definition) is 0. The molecule has 0 aromatic rings. The van der Waals surface area contributed by atoms with Crippen LogP contribution in [-0.2, 0) is 22.9 Å². The van der Waals surface area contributed by atoms with E-state index in [4.69, 9.17) is 0 Å². The predicted octanol–water partition coefficient (Wildman–Crippen LogP) is 5.88. The fourth-order valence-electron chi connectivity index (χ4n) is 2.75. The molecular formula is C18H26Hf. The zero-order valence-corrected chi connectivity index (χ0v) is 16.1. The summed E-state index contributed by atoms with van der Waals surface area (Å²) >= 11 is -0.707. The van der Waals surface area contributed by atoms with Crippen molar-refractivity contribution in [2.24, 2.45) is 0 Å². The van der Waals surface area contributed by atoms with Crippen LogP contribution in [0.25, 0.3) is 0 Å². The Morgan fingerprint density at radius 2 is 1.32 bits per heavy atom. The van der Waals surface area contributed by atoms with Gasteiger partial charge >= 0.3 is 130 Å². The molecule has 2 rings (SSSR count). The first kappa shape index (κ1) is 15.2. The Morgan fingerprint density at radius 1 is 0.842 bits per heavy atom. The third kappa shape index (κ3) is 4.41. The van der Waals surface area contributed by atoms with Crippen molar-refractivity contribution >= 4 is 0 Å². The summed E-state index contributed by atoms with van der Waals surface area (Å²) < 4.78 is 3.78. The summed E-state index contributed by atoms with van der Waals surface area (Å²) in [5.74, 6) is 0. The molecule has 1 heteroatoms. The van der Waals surface area contributed by atoms with Crippen molar-refractivity contribution in [3.63, 3.8) is 0 Å². The molecule has 19 heavy (non-hydrogen) atoms. The van der Waals surface area contributed by atoms with Crippen LogP contribution in [0.5, 0.6) is 0 Å². The average Bonchev–Trinajstić information content (AvgIpc) is 3.04. The molecule has 0 atom stereocenters. The molecular weight excluding hydrogens is 395 g/mol. The summed E-state index contributed by atoms with van der Waals surface area (Å²) in [5, 5.41) is 0. The summed E-state index contributed by atoms with van der Waals surface area (Å²) in [6, 6.07) is 0. The quantitative estimate of drug-likeness (QED) is 0.430. The molecule has 0 heterocycles. The number of rotatable bonds is 8. The second kappa shape index (κ2) is 8.19. The van der Waals surface area contributed by atoms with Crippen molar-refractivity contribution in [2.75, 3.05) is 0 Å². The van der Waals surface area contributed by atoms with Crippen LogP contribution < -0.4 is 0 Å². The molecule has 102 valence electrons. The minimum atomic E-state index is -0.707. The van der Waals surface area contributed by atoms with E-state index in [-0.39, 0.29) is 0 Å². The Balaban J connectivity index is 1.99. The molecule has 0 aliphatic heterocycles. The molecule has 0 saturated carbocycles. The molecule has 0 spiro atoms. The normalized spacial score (nSPS) is 18.0. The van der Waals surface area contributed by atoms with Crippen LogP contribution in [0, 0.1) is 0 Å². The van der Waals surface area contributed by atoms with E-state index in [9.17, 15) is 0 Å². The zero-order valence-electron chi connectivity index (χ0n) is 12.5. The van der Waals surface area contributed by atoms with Crippen molar-refractivity contribution in [3.8, 4) is 0 Å². The Kier molecular flexibility index (Phi) is 6.56. The van der Waals surface area contributed by atoms with Crippen molar-refractivity contribution in [3.05, 3.63) is 42.1 Å². The maximum absolute atomic E-state index is 2.42. The Hall–Kier alpha value is -0.170. The average molecular weight is 421 g/mol. The topological polar surface area (TPSA) is 0 Å². The first-order valence-corrected chi connectivity index (χ1v) is 11.5. The van der Waals surface area contributed by atoms with Crippen LogP contribution in [0.1, 0.15) is 65.2 Å². The van der Waals surface area contributed by atoms with Gasteiger partial charge in [0.25, 0.3) is 0 Å². The SMILES string of the molecule is CCCCC1=[C]([Hf][C]2=C(CCCC)C=CC2)CC=C1. The summed E-state index contributed by atoms with van der Waals surface area (Å²) in [6.07, 6.45) is 20.3. The van der Waals surface area contributed by atoms with Crippen molar-refractivity contribution < 1.29 is 22.9 Å². The summed E-state index contributed by atoms with van der Waals surface area (Å²) in [6.45, 7) is 4.60. The second-order valence-electron chi connectivity index (χ2n) is 5.55.